The molecule has 0 saturated carbocycles. The second-order valence-electron chi connectivity index (χ2n) is 11.7. The Bertz CT molecular complexity index is 588. The zero-order valence-corrected chi connectivity index (χ0v) is 26.5. The molecule has 0 bridgehead atoms. The van der Waals surface area contributed by atoms with Crippen molar-refractivity contribution in [2.75, 3.05) is 6.61 Å². The van der Waals surface area contributed by atoms with Crippen LogP contribution in [0.1, 0.15) is 181 Å². The van der Waals surface area contributed by atoms with Crippen molar-refractivity contribution in [2.45, 2.75) is 193 Å². The van der Waals surface area contributed by atoms with Crippen molar-refractivity contribution in [2.24, 2.45) is 0 Å². The lowest BCUT2D eigenvalue weighted by Crippen LogP contribution is -2.40. The van der Waals surface area contributed by atoms with E-state index < -0.39 is 24.8 Å². The highest BCUT2D eigenvalue weighted by atomic mass is 16.6. The van der Waals surface area contributed by atoms with E-state index in [0.717, 1.165) is 51.4 Å². The van der Waals surface area contributed by atoms with Crippen LogP contribution in [0.2, 0.25) is 0 Å². The highest BCUT2D eigenvalue weighted by molar-refractivity contribution is 5.86. The Morgan fingerprint density at radius 3 is 1.40 bits per heavy atom. The predicted octanol–water partition coefficient (Wildman–Crippen LogP) is 9.56. The summed E-state index contributed by atoms with van der Waals surface area (Å²) in [5.41, 5.74) is 0. The molecule has 0 spiro atoms. The van der Waals surface area contributed by atoms with Gasteiger partial charge in [-0.1, -0.05) is 142 Å². The maximum atomic E-state index is 12.6. The molecule has 0 rings (SSSR count). The van der Waals surface area contributed by atoms with Crippen molar-refractivity contribution in [1.82, 2.24) is 0 Å². The predicted molar refractivity (Wildman–Crippen MR) is 169 cm³/mol. The molecule has 0 radical (unpaired) electrons. The topological polar surface area (TPSA) is 83.8 Å². The minimum atomic E-state index is -1.35. The van der Waals surface area contributed by atoms with Gasteiger partial charge in [-0.3, -0.25) is 9.59 Å². The Balaban J connectivity index is 3.85. The Labute approximate surface area is 247 Å². The number of hydrogen-bond donors (Lipinski definition) is 2. The number of allylic oxidation sites excluding steroid dienone is 2. The SMILES string of the molecule is CCCCCC/C=C\CCCCCCCC(=O)C(OC(=O)CCCCCCCCCCCCCCC)C(O)CO. The lowest BCUT2D eigenvalue weighted by Gasteiger charge is -2.20. The first kappa shape index (κ1) is 38.8. The maximum absolute atomic E-state index is 12.6. The minimum absolute atomic E-state index is 0.257. The van der Waals surface area contributed by atoms with E-state index in [1.807, 2.05) is 0 Å². The summed E-state index contributed by atoms with van der Waals surface area (Å²) in [5, 5.41) is 19.4. The summed E-state index contributed by atoms with van der Waals surface area (Å²) >= 11 is 0. The van der Waals surface area contributed by atoms with Gasteiger partial charge in [0, 0.05) is 12.8 Å². The molecular weight excluding hydrogens is 500 g/mol. The van der Waals surface area contributed by atoms with Crippen LogP contribution in [0.5, 0.6) is 0 Å². The van der Waals surface area contributed by atoms with E-state index in [0.29, 0.717) is 0 Å². The van der Waals surface area contributed by atoms with E-state index in [1.54, 1.807) is 0 Å². The van der Waals surface area contributed by atoms with Gasteiger partial charge in [0.2, 0.25) is 0 Å². The number of ether oxygens (including phenoxy) is 1. The Morgan fingerprint density at radius 1 is 0.575 bits per heavy atom. The monoisotopic (exact) mass is 566 g/mol. The number of ketones is 1. The van der Waals surface area contributed by atoms with Crippen LogP contribution in [0, 0.1) is 0 Å². The van der Waals surface area contributed by atoms with Crippen molar-refractivity contribution in [3.05, 3.63) is 12.2 Å². The molecule has 236 valence electrons. The summed E-state index contributed by atoms with van der Waals surface area (Å²) in [6.07, 6.45) is 31.2. The lowest BCUT2D eigenvalue weighted by atomic mass is 10.0. The van der Waals surface area contributed by atoms with Gasteiger partial charge in [0.05, 0.1) is 6.61 Å². The van der Waals surface area contributed by atoms with E-state index in [4.69, 9.17) is 4.74 Å². The molecule has 0 aliphatic rings. The summed E-state index contributed by atoms with van der Waals surface area (Å²) in [7, 11) is 0. The van der Waals surface area contributed by atoms with E-state index in [9.17, 15) is 19.8 Å². The quantitative estimate of drug-likeness (QED) is 0.0496. The van der Waals surface area contributed by atoms with Crippen molar-refractivity contribution < 1.29 is 24.5 Å². The van der Waals surface area contributed by atoms with Crippen LogP contribution in [-0.4, -0.2) is 40.8 Å². The summed E-state index contributed by atoms with van der Waals surface area (Å²) in [6, 6.07) is 0. The summed E-state index contributed by atoms with van der Waals surface area (Å²) in [5.74, 6) is -0.737. The minimum Gasteiger partial charge on any atom is -0.451 e. The molecule has 0 amide bonds. The fourth-order valence-corrected chi connectivity index (χ4v) is 5.10. The first-order valence-electron chi connectivity index (χ1n) is 17.2. The lowest BCUT2D eigenvalue weighted by molar-refractivity contribution is -0.163. The number of Topliss-reactive ketones (excluding diaryl/α,β-unsaturated/α-hetero) is 1. The smallest absolute Gasteiger partial charge is 0.306 e. The number of unbranched alkanes of at least 4 members (excludes halogenated alkanes) is 21. The van der Waals surface area contributed by atoms with Gasteiger partial charge in [0.15, 0.2) is 11.9 Å². The molecule has 0 aromatic carbocycles. The zero-order chi connectivity index (χ0) is 29.5. The van der Waals surface area contributed by atoms with Gasteiger partial charge in [-0.05, 0) is 38.5 Å². The maximum Gasteiger partial charge on any atom is 0.306 e. The second kappa shape index (κ2) is 30.8. The van der Waals surface area contributed by atoms with Crippen molar-refractivity contribution in [3.8, 4) is 0 Å². The molecule has 0 aromatic heterocycles. The van der Waals surface area contributed by atoms with Crippen LogP contribution in [0.15, 0.2) is 12.2 Å². The molecule has 0 fully saturated rings. The molecule has 0 saturated heterocycles. The third-order valence-electron chi connectivity index (χ3n) is 7.78. The molecule has 0 aliphatic heterocycles. The molecule has 5 heteroatoms. The third kappa shape index (κ3) is 25.7. The molecule has 0 aromatic rings. The first-order valence-corrected chi connectivity index (χ1v) is 17.2. The first-order chi connectivity index (χ1) is 19.6. The molecule has 0 heterocycles. The largest absolute Gasteiger partial charge is 0.451 e. The van der Waals surface area contributed by atoms with Gasteiger partial charge in [0.1, 0.15) is 6.10 Å². The Kier molecular flexibility index (Phi) is 29.8. The summed E-state index contributed by atoms with van der Waals surface area (Å²) < 4.78 is 5.33. The number of esters is 1. The normalized spacial score (nSPS) is 13.1. The van der Waals surface area contributed by atoms with Crippen molar-refractivity contribution >= 4 is 11.8 Å². The summed E-state index contributed by atoms with van der Waals surface area (Å²) in [6.45, 7) is 3.90. The van der Waals surface area contributed by atoms with Crippen LogP contribution in [0.25, 0.3) is 0 Å². The third-order valence-corrected chi connectivity index (χ3v) is 7.78. The fourth-order valence-electron chi connectivity index (χ4n) is 5.10. The molecule has 2 atom stereocenters. The summed E-state index contributed by atoms with van der Waals surface area (Å²) in [4.78, 5) is 24.9. The standard InChI is InChI=1S/C35H66O5/c1-3-5-7-9-11-13-15-17-19-21-23-25-27-29-32(37)35(33(38)31-36)40-34(39)30-28-26-24-22-20-18-16-14-12-10-8-6-4-2/h13,15,33,35-36,38H,3-12,14,16-31H2,1-2H3/b15-13-. The van der Waals surface area contributed by atoms with Gasteiger partial charge in [-0.2, -0.15) is 0 Å². The number of carbonyl (C=O) groups is 2. The van der Waals surface area contributed by atoms with Crippen LogP contribution < -0.4 is 0 Å². The van der Waals surface area contributed by atoms with E-state index in [-0.39, 0.29) is 18.6 Å². The van der Waals surface area contributed by atoms with Gasteiger partial charge < -0.3 is 14.9 Å². The van der Waals surface area contributed by atoms with Crippen LogP contribution >= 0.6 is 0 Å². The van der Waals surface area contributed by atoms with Gasteiger partial charge in [-0.15, -0.1) is 0 Å². The van der Waals surface area contributed by atoms with E-state index >= 15 is 0 Å². The van der Waals surface area contributed by atoms with Gasteiger partial charge in [-0.25, -0.2) is 0 Å². The van der Waals surface area contributed by atoms with Crippen LogP contribution in [0.3, 0.4) is 0 Å². The van der Waals surface area contributed by atoms with Gasteiger partial charge in [0.25, 0.3) is 0 Å². The molecular formula is C35H66O5. The van der Waals surface area contributed by atoms with Crippen LogP contribution in [0.4, 0.5) is 0 Å². The number of aliphatic hydroxyl groups excluding tert-OH is 2. The van der Waals surface area contributed by atoms with Crippen LogP contribution in [-0.2, 0) is 14.3 Å². The number of aliphatic hydroxyl groups is 2. The zero-order valence-electron chi connectivity index (χ0n) is 26.5. The van der Waals surface area contributed by atoms with Crippen molar-refractivity contribution in [3.63, 3.8) is 0 Å². The van der Waals surface area contributed by atoms with Gasteiger partial charge >= 0.3 is 5.97 Å². The second-order valence-corrected chi connectivity index (χ2v) is 11.7. The molecule has 2 unspecified atom stereocenters. The number of hydrogen-bond acceptors (Lipinski definition) is 5. The molecule has 40 heavy (non-hydrogen) atoms. The average molecular weight is 567 g/mol. The average Bonchev–Trinajstić information content (AvgIpc) is 2.96. The Morgan fingerprint density at radius 2 is 0.950 bits per heavy atom. The van der Waals surface area contributed by atoms with E-state index in [2.05, 4.69) is 26.0 Å². The van der Waals surface area contributed by atoms with E-state index in [1.165, 1.54) is 103 Å². The molecule has 5 nitrogen and oxygen atoms in total. The van der Waals surface area contributed by atoms with Crippen molar-refractivity contribution in [1.29, 1.82) is 0 Å². The number of rotatable bonds is 31. The molecule has 2 N–H and O–H groups in total. The highest BCUT2D eigenvalue weighted by Gasteiger charge is 2.29. The number of carbonyl (C=O) groups excluding carboxylic acids is 2. The fraction of sp³-hybridized carbons (Fsp3) is 0.886. The molecule has 0 aliphatic carbocycles. The highest BCUT2D eigenvalue weighted by Crippen LogP contribution is 2.15. The Hall–Kier alpha value is -1.20.